The highest BCUT2D eigenvalue weighted by atomic mass is 15.2. The molecule has 0 bridgehead atoms. The molecule has 2 atom stereocenters. The standard InChI is InChI=1S/C12H26N2/c1-4-7-13-12-8-11(5-2)9-14(6-3)10-12/h11-13H,4-10H2,1-3H3. The Morgan fingerprint density at radius 1 is 1.21 bits per heavy atom. The van der Waals surface area contributed by atoms with E-state index in [9.17, 15) is 0 Å². The van der Waals surface area contributed by atoms with Gasteiger partial charge in [0.05, 0.1) is 0 Å². The summed E-state index contributed by atoms with van der Waals surface area (Å²) in [6.45, 7) is 11.8. The summed E-state index contributed by atoms with van der Waals surface area (Å²) in [5, 5.41) is 3.66. The van der Waals surface area contributed by atoms with Crippen molar-refractivity contribution in [3.8, 4) is 0 Å². The van der Waals surface area contributed by atoms with E-state index < -0.39 is 0 Å². The van der Waals surface area contributed by atoms with E-state index in [0.717, 1.165) is 12.0 Å². The molecule has 1 rings (SSSR count). The predicted octanol–water partition coefficient (Wildman–Crippen LogP) is 2.11. The SMILES string of the molecule is CCCNC1CC(CC)CN(CC)C1. The molecule has 0 aliphatic carbocycles. The monoisotopic (exact) mass is 198 g/mol. The maximum Gasteiger partial charge on any atom is 0.0198 e. The van der Waals surface area contributed by atoms with Crippen molar-refractivity contribution in [3.05, 3.63) is 0 Å². The van der Waals surface area contributed by atoms with E-state index in [-0.39, 0.29) is 0 Å². The van der Waals surface area contributed by atoms with Gasteiger partial charge in [-0.15, -0.1) is 0 Å². The van der Waals surface area contributed by atoms with Gasteiger partial charge in [-0.1, -0.05) is 27.2 Å². The van der Waals surface area contributed by atoms with Crippen LogP contribution in [0.1, 0.15) is 40.0 Å². The van der Waals surface area contributed by atoms with Gasteiger partial charge in [0.2, 0.25) is 0 Å². The molecule has 14 heavy (non-hydrogen) atoms. The van der Waals surface area contributed by atoms with Crippen molar-refractivity contribution in [1.29, 1.82) is 0 Å². The summed E-state index contributed by atoms with van der Waals surface area (Å²) in [4.78, 5) is 2.59. The number of hydrogen-bond acceptors (Lipinski definition) is 2. The first-order valence-electron chi connectivity index (χ1n) is 6.25. The smallest absolute Gasteiger partial charge is 0.0198 e. The van der Waals surface area contributed by atoms with E-state index in [4.69, 9.17) is 0 Å². The molecule has 0 amide bonds. The zero-order chi connectivity index (χ0) is 10.4. The third-order valence-electron chi connectivity index (χ3n) is 3.32. The highest BCUT2D eigenvalue weighted by Crippen LogP contribution is 2.19. The van der Waals surface area contributed by atoms with Crippen LogP contribution in [0, 0.1) is 5.92 Å². The van der Waals surface area contributed by atoms with Crippen LogP contribution in [0.15, 0.2) is 0 Å². The Hall–Kier alpha value is -0.0800. The van der Waals surface area contributed by atoms with Gasteiger partial charge in [0.25, 0.3) is 0 Å². The number of nitrogens with one attached hydrogen (secondary N) is 1. The predicted molar refractivity (Wildman–Crippen MR) is 62.6 cm³/mol. The molecule has 1 aliphatic rings. The second-order valence-electron chi connectivity index (χ2n) is 4.51. The fraction of sp³-hybridized carbons (Fsp3) is 1.00. The lowest BCUT2D eigenvalue weighted by Crippen LogP contribution is -2.49. The van der Waals surface area contributed by atoms with E-state index in [1.54, 1.807) is 0 Å². The van der Waals surface area contributed by atoms with Crippen LogP contribution in [0.5, 0.6) is 0 Å². The van der Waals surface area contributed by atoms with Crippen molar-refractivity contribution in [2.45, 2.75) is 46.1 Å². The molecule has 0 saturated carbocycles. The number of likely N-dealkylation sites (tertiary alicyclic amines) is 1. The van der Waals surface area contributed by atoms with E-state index in [1.165, 1.54) is 45.4 Å². The molecule has 0 aromatic carbocycles. The Bertz CT molecular complexity index is 135. The van der Waals surface area contributed by atoms with Gasteiger partial charge in [-0.3, -0.25) is 0 Å². The van der Waals surface area contributed by atoms with E-state index in [0.29, 0.717) is 0 Å². The van der Waals surface area contributed by atoms with Crippen molar-refractivity contribution < 1.29 is 0 Å². The molecular weight excluding hydrogens is 172 g/mol. The molecule has 1 saturated heterocycles. The molecule has 2 unspecified atom stereocenters. The van der Waals surface area contributed by atoms with Gasteiger partial charge in [-0.05, 0) is 31.8 Å². The first kappa shape index (κ1) is 12.0. The Kier molecular flexibility index (Phi) is 5.49. The highest BCUT2D eigenvalue weighted by molar-refractivity contribution is 4.82. The molecule has 1 N–H and O–H groups in total. The molecule has 0 aromatic rings. The molecule has 0 radical (unpaired) electrons. The van der Waals surface area contributed by atoms with Gasteiger partial charge in [0, 0.05) is 19.1 Å². The second-order valence-corrected chi connectivity index (χ2v) is 4.51. The van der Waals surface area contributed by atoms with Gasteiger partial charge in [-0.2, -0.15) is 0 Å². The molecule has 2 heteroatoms. The van der Waals surface area contributed by atoms with Crippen LogP contribution < -0.4 is 5.32 Å². The minimum absolute atomic E-state index is 0.744. The van der Waals surface area contributed by atoms with Gasteiger partial charge >= 0.3 is 0 Å². The van der Waals surface area contributed by atoms with E-state index >= 15 is 0 Å². The molecular formula is C12H26N2. The van der Waals surface area contributed by atoms with Gasteiger partial charge in [0.15, 0.2) is 0 Å². The number of hydrogen-bond donors (Lipinski definition) is 1. The lowest BCUT2D eigenvalue weighted by molar-refractivity contribution is 0.145. The number of piperidine rings is 1. The molecule has 84 valence electrons. The second kappa shape index (κ2) is 6.41. The number of nitrogens with zero attached hydrogens (tertiary/aromatic N) is 1. The summed E-state index contributed by atoms with van der Waals surface area (Å²) >= 11 is 0. The average molecular weight is 198 g/mol. The maximum atomic E-state index is 3.66. The van der Waals surface area contributed by atoms with Crippen molar-refractivity contribution in [2.24, 2.45) is 5.92 Å². The molecule has 2 nitrogen and oxygen atoms in total. The third-order valence-corrected chi connectivity index (χ3v) is 3.32. The Morgan fingerprint density at radius 2 is 2.00 bits per heavy atom. The van der Waals surface area contributed by atoms with Crippen molar-refractivity contribution in [1.82, 2.24) is 10.2 Å². The molecule has 0 spiro atoms. The molecule has 0 aromatic heterocycles. The summed E-state index contributed by atoms with van der Waals surface area (Å²) in [7, 11) is 0. The van der Waals surface area contributed by atoms with E-state index in [1.807, 2.05) is 0 Å². The maximum absolute atomic E-state index is 3.66. The summed E-state index contributed by atoms with van der Waals surface area (Å²) in [5.74, 6) is 0.915. The molecule has 1 heterocycles. The number of rotatable bonds is 5. The normalized spacial score (nSPS) is 29.4. The average Bonchev–Trinajstić information content (AvgIpc) is 2.25. The minimum atomic E-state index is 0.744. The van der Waals surface area contributed by atoms with Crippen LogP contribution in [0.4, 0.5) is 0 Å². The third kappa shape index (κ3) is 3.58. The minimum Gasteiger partial charge on any atom is -0.313 e. The summed E-state index contributed by atoms with van der Waals surface area (Å²) in [6.07, 6.45) is 3.97. The van der Waals surface area contributed by atoms with Crippen LogP contribution in [0.3, 0.4) is 0 Å². The van der Waals surface area contributed by atoms with Crippen molar-refractivity contribution in [3.63, 3.8) is 0 Å². The van der Waals surface area contributed by atoms with Crippen LogP contribution in [0.25, 0.3) is 0 Å². The van der Waals surface area contributed by atoms with Crippen LogP contribution in [0.2, 0.25) is 0 Å². The van der Waals surface area contributed by atoms with Crippen LogP contribution in [-0.2, 0) is 0 Å². The van der Waals surface area contributed by atoms with Crippen molar-refractivity contribution in [2.75, 3.05) is 26.2 Å². The first-order valence-corrected chi connectivity index (χ1v) is 6.25. The van der Waals surface area contributed by atoms with Crippen LogP contribution in [-0.4, -0.2) is 37.1 Å². The van der Waals surface area contributed by atoms with Gasteiger partial charge in [0.1, 0.15) is 0 Å². The number of likely N-dealkylation sites (N-methyl/N-ethyl adjacent to an activating group) is 1. The lowest BCUT2D eigenvalue weighted by atomic mass is 9.92. The zero-order valence-electron chi connectivity index (χ0n) is 10.1. The Balaban J connectivity index is 2.35. The fourth-order valence-corrected chi connectivity index (χ4v) is 2.35. The Labute approximate surface area is 89.1 Å². The summed E-state index contributed by atoms with van der Waals surface area (Å²) < 4.78 is 0. The zero-order valence-corrected chi connectivity index (χ0v) is 10.1. The quantitative estimate of drug-likeness (QED) is 0.728. The van der Waals surface area contributed by atoms with E-state index in [2.05, 4.69) is 31.0 Å². The van der Waals surface area contributed by atoms with Crippen molar-refractivity contribution >= 4 is 0 Å². The van der Waals surface area contributed by atoms with Gasteiger partial charge in [-0.25, -0.2) is 0 Å². The lowest BCUT2D eigenvalue weighted by Gasteiger charge is -2.37. The fourth-order valence-electron chi connectivity index (χ4n) is 2.35. The van der Waals surface area contributed by atoms with Gasteiger partial charge < -0.3 is 10.2 Å². The first-order chi connectivity index (χ1) is 6.80. The molecule has 1 fully saturated rings. The summed E-state index contributed by atoms with van der Waals surface area (Å²) in [6, 6.07) is 0.744. The topological polar surface area (TPSA) is 15.3 Å². The Morgan fingerprint density at radius 3 is 2.57 bits per heavy atom. The largest absolute Gasteiger partial charge is 0.313 e. The van der Waals surface area contributed by atoms with Crippen LogP contribution >= 0.6 is 0 Å². The molecule has 1 aliphatic heterocycles. The highest BCUT2D eigenvalue weighted by Gasteiger charge is 2.24. The summed E-state index contributed by atoms with van der Waals surface area (Å²) in [5.41, 5.74) is 0.